The zero-order valence-corrected chi connectivity index (χ0v) is 15.2. The highest BCUT2D eigenvalue weighted by Gasteiger charge is 2.67. The molecule has 1 N–H and O–H groups in total. The molecule has 3 fully saturated rings. The van der Waals surface area contributed by atoms with Gasteiger partial charge in [-0.15, -0.1) is 0 Å². The highest BCUT2D eigenvalue weighted by Crippen LogP contribution is 2.65. The van der Waals surface area contributed by atoms with Crippen LogP contribution in [0.2, 0.25) is 0 Å². The van der Waals surface area contributed by atoms with Crippen molar-refractivity contribution in [2.24, 2.45) is 35.5 Å². The van der Waals surface area contributed by atoms with Crippen LogP contribution in [0.4, 0.5) is 5.69 Å². The fraction of sp³-hybridized carbons (Fsp3) is 0.348. The first-order valence-electron chi connectivity index (χ1n) is 9.94. The van der Waals surface area contributed by atoms with Crippen molar-refractivity contribution in [1.29, 1.82) is 0 Å². The van der Waals surface area contributed by atoms with E-state index in [-0.39, 0.29) is 47.9 Å². The van der Waals surface area contributed by atoms with Gasteiger partial charge in [-0.3, -0.25) is 19.3 Å². The molecule has 140 valence electrons. The van der Waals surface area contributed by atoms with Crippen molar-refractivity contribution in [1.82, 2.24) is 4.90 Å². The molecule has 5 nitrogen and oxygen atoms in total. The van der Waals surface area contributed by atoms with Crippen molar-refractivity contribution in [2.45, 2.75) is 6.42 Å². The van der Waals surface area contributed by atoms with Crippen molar-refractivity contribution in [3.05, 3.63) is 54.6 Å². The molecular weight excluding hydrogens is 352 g/mol. The van der Waals surface area contributed by atoms with Gasteiger partial charge in [0.1, 0.15) is 6.54 Å². The number of imide groups is 1. The van der Waals surface area contributed by atoms with E-state index in [1.54, 1.807) is 0 Å². The maximum Gasteiger partial charge on any atom is 0.244 e. The Morgan fingerprint density at radius 3 is 2.29 bits per heavy atom. The number of amides is 3. The third kappa shape index (κ3) is 2.10. The maximum absolute atomic E-state index is 13.0. The Bertz CT molecular complexity index is 1030. The Kier molecular flexibility index (Phi) is 3.17. The Hall–Kier alpha value is -2.95. The topological polar surface area (TPSA) is 66.5 Å². The number of anilines is 1. The van der Waals surface area contributed by atoms with Crippen LogP contribution in [0, 0.1) is 35.5 Å². The number of benzene rings is 2. The first-order valence-corrected chi connectivity index (χ1v) is 9.94. The normalized spacial score (nSPS) is 34.5. The van der Waals surface area contributed by atoms with Crippen LogP contribution < -0.4 is 5.32 Å². The number of nitrogens with one attached hydrogen (secondary N) is 1. The van der Waals surface area contributed by atoms with Crippen LogP contribution in [0.15, 0.2) is 54.6 Å². The van der Waals surface area contributed by atoms with Crippen LogP contribution in [-0.4, -0.2) is 29.2 Å². The van der Waals surface area contributed by atoms with E-state index in [2.05, 4.69) is 17.5 Å². The standard InChI is InChI=1S/C23H20N2O3/c26-19(24-18-7-3-5-12-4-1-2-6-13(12)18)11-25-22(27)20-14-8-9-15(17-10-16(14)17)21(20)23(25)28/h1-9,14-17,20-21H,10-11H2,(H,24,26)/t14-,15-,16-,17+,20-,21+/m0/s1. The Morgan fingerprint density at radius 2 is 1.57 bits per heavy atom. The number of carbonyl (C=O) groups excluding carboxylic acids is 3. The van der Waals surface area contributed by atoms with Gasteiger partial charge in [-0.2, -0.15) is 0 Å². The highest BCUT2D eigenvalue weighted by molar-refractivity contribution is 6.10. The molecule has 3 amide bonds. The van der Waals surface area contributed by atoms with Crippen molar-refractivity contribution in [3.63, 3.8) is 0 Å². The van der Waals surface area contributed by atoms with Gasteiger partial charge in [0.05, 0.1) is 11.8 Å². The molecule has 0 aromatic heterocycles. The summed E-state index contributed by atoms with van der Waals surface area (Å²) >= 11 is 0. The number of hydrogen-bond donors (Lipinski definition) is 1. The van der Waals surface area contributed by atoms with Gasteiger partial charge < -0.3 is 5.32 Å². The monoisotopic (exact) mass is 372 g/mol. The second kappa shape index (κ2) is 5.53. The lowest BCUT2D eigenvalue weighted by Crippen LogP contribution is -2.40. The van der Waals surface area contributed by atoms with Crippen LogP contribution in [0.1, 0.15) is 6.42 Å². The number of rotatable bonds is 3. The quantitative estimate of drug-likeness (QED) is 0.666. The van der Waals surface area contributed by atoms with Crippen LogP contribution >= 0.6 is 0 Å². The van der Waals surface area contributed by atoms with E-state index < -0.39 is 0 Å². The maximum atomic E-state index is 13.0. The number of fused-ring (bicyclic) bond motifs is 1. The molecule has 2 saturated carbocycles. The van der Waals surface area contributed by atoms with Gasteiger partial charge >= 0.3 is 0 Å². The average molecular weight is 372 g/mol. The van der Waals surface area contributed by atoms with E-state index in [1.165, 1.54) is 4.90 Å². The summed E-state index contributed by atoms with van der Waals surface area (Å²) in [6.45, 7) is -0.206. The SMILES string of the molecule is O=C(CN1C(=O)[C@@H]2[C@H]3C=C[C@@H]([C@@H]4C[C@H]34)[C@@H]2C1=O)Nc1cccc2ccccc12. The molecule has 2 aromatic carbocycles. The van der Waals surface area contributed by atoms with Crippen molar-refractivity contribution < 1.29 is 14.4 Å². The molecule has 0 radical (unpaired) electrons. The second-order valence-corrected chi connectivity index (χ2v) is 8.49. The predicted octanol–water partition coefficient (Wildman–Crippen LogP) is 2.83. The summed E-state index contributed by atoms with van der Waals surface area (Å²) in [4.78, 5) is 39.9. The number of likely N-dealkylation sites (tertiary alicyclic amines) is 1. The Morgan fingerprint density at radius 1 is 0.929 bits per heavy atom. The lowest BCUT2D eigenvalue weighted by Gasteiger charge is -2.37. The average Bonchev–Trinajstić information content (AvgIpc) is 3.49. The molecule has 1 aliphatic heterocycles. The molecular formula is C23H20N2O3. The summed E-state index contributed by atoms with van der Waals surface area (Å²) in [5.41, 5.74) is 0.697. The Labute approximate surface area is 162 Å². The summed E-state index contributed by atoms with van der Waals surface area (Å²) in [6.07, 6.45) is 5.42. The van der Waals surface area contributed by atoms with Gasteiger partial charge in [-0.05, 0) is 41.5 Å². The third-order valence-electron chi connectivity index (χ3n) is 7.12. The fourth-order valence-corrected chi connectivity index (χ4v) is 5.84. The first-order chi connectivity index (χ1) is 13.6. The smallest absolute Gasteiger partial charge is 0.244 e. The number of hydrogen-bond acceptors (Lipinski definition) is 3. The minimum atomic E-state index is -0.331. The molecule has 0 unspecified atom stereocenters. The number of nitrogens with zero attached hydrogens (tertiary/aromatic N) is 1. The molecule has 1 saturated heterocycles. The zero-order chi connectivity index (χ0) is 19.0. The molecule has 0 spiro atoms. The van der Waals surface area contributed by atoms with Crippen LogP contribution in [0.25, 0.3) is 10.8 Å². The first kappa shape index (κ1) is 16.0. The van der Waals surface area contributed by atoms with E-state index in [9.17, 15) is 14.4 Å². The van der Waals surface area contributed by atoms with Crippen LogP contribution in [0.3, 0.4) is 0 Å². The van der Waals surface area contributed by atoms with Crippen LogP contribution in [-0.2, 0) is 14.4 Å². The minimum Gasteiger partial charge on any atom is -0.324 e. The van der Waals surface area contributed by atoms with Gasteiger partial charge in [-0.1, -0.05) is 48.6 Å². The molecule has 2 aromatic rings. The van der Waals surface area contributed by atoms with Gasteiger partial charge in [0.25, 0.3) is 0 Å². The zero-order valence-electron chi connectivity index (χ0n) is 15.2. The Balaban J connectivity index is 1.23. The molecule has 7 rings (SSSR count). The van der Waals surface area contributed by atoms with E-state index >= 15 is 0 Å². The second-order valence-electron chi connectivity index (χ2n) is 8.49. The highest BCUT2D eigenvalue weighted by atomic mass is 16.2. The van der Waals surface area contributed by atoms with E-state index in [4.69, 9.17) is 0 Å². The summed E-state index contributed by atoms with van der Waals surface area (Å²) in [5.74, 6) is 0.344. The lowest BCUT2D eigenvalue weighted by atomic mass is 9.63. The van der Waals surface area contributed by atoms with Gasteiger partial charge in [-0.25, -0.2) is 0 Å². The molecule has 1 heterocycles. The van der Waals surface area contributed by atoms with Crippen molar-refractivity contribution >= 4 is 34.2 Å². The van der Waals surface area contributed by atoms with E-state index in [1.807, 2.05) is 42.5 Å². The predicted molar refractivity (Wildman–Crippen MR) is 104 cm³/mol. The van der Waals surface area contributed by atoms with E-state index in [0.29, 0.717) is 17.5 Å². The summed E-state index contributed by atoms with van der Waals surface area (Å²) in [5, 5.41) is 4.86. The molecule has 5 heteroatoms. The summed E-state index contributed by atoms with van der Waals surface area (Å²) < 4.78 is 0. The number of allylic oxidation sites excluding steroid dienone is 2. The number of carbonyl (C=O) groups is 3. The van der Waals surface area contributed by atoms with Crippen molar-refractivity contribution in [3.8, 4) is 0 Å². The fourth-order valence-electron chi connectivity index (χ4n) is 5.84. The molecule has 28 heavy (non-hydrogen) atoms. The summed E-state index contributed by atoms with van der Waals surface area (Å²) in [7, 11) is 0. The minimum absolute atomic E-state index is 0.159. The third-order valence-corrected chi connectivity index (χ3v) is 7.12. The van der Waals surface area contributed by atoms with Crippen LogP contribution in [0.5, 0.6) is 0 Å². The molecule has 4 aliphatic carbocycles. The molecule has 6 atom stereocenters. The van der Waals surface area contributed by atoms with Gasteiger partial charge in [0, 0.05) is 11.1 Å². The van der Waals surface area contributed by atoms with Crippen molar-refractivity contribution in [2.75, 3.05) is 11.9 Å². The van der Waals surface area contributed by atoms with Gasteiger partial charge in [0.2, 0.25) is 17.7 Å². The van der Waals surface area contributed by atoms with E-state index in [0.717, 1.165) is 17.2 Å². The molecule has 2 bridgehead atoms. The van der Waals surface area contributed by atoms with Gasteiger partial charge in [0.15, 0.2) is 0 Å². The summed E-state index contributed by atoms with van der Waals surface area (Å²) in [6, 6.07) is 13.5. The lowest BCUT2D eigenvalue weighted by molar-refractivity contribution is -0.142. The largest absolute Gasteiger partial charge is 0.324 e. The molecule has 5 aliphatic rings.